The second kappa shape index (κ2) is 10.2. The minimum Gasteiger partial charge on any atom is -0.494 e. The van der Waals surface area contributed by atoms with Gasteiger partial charge in [0.1, 0.15) is 5.75 Å². The van der Waals surface area contributed by atoms with E-state index in [1.54, 1.807) is 43.3 Å². The van der Waals surface area contributed by atoms with Gasteiger partial charge in [0.15, 0.2) is 0 Å². The Kier molecular flexibility index (Phi) is 8.00. The fourth-order valence-electron chi connectivity index (χ4n) is 2.19. The first kappa shape index (κ1) is 21.1. The third kappa shape index (κ3) is 6.81. The maximum Gasteiger partial charge on any atom is 0.237 e. The number of nitrogens with one attached hydrogen (secondary N) is 2. The van der Waals surface area contributed by atoms with E-state index in [0.717, 1.165) is 11.3 Å². The zero-order chi connectivity index (χ0) is 19.8. The van der Waals surface area contributed by atoms with Gasteiger partial charge < -0.3 is 15.4 Å². The third-order valence-corrected chi connectivity index (χ3v) is 5.27. The van der Waals surface area contributed by atoms with Crippen molar-refractivity contribution in [3.8, 4) is 5.75 Å². The summed E-state index contributed by atoms with van der Waals surface area (Å²) in [4.78, 5) is 24.3. The molecule has 5 nitrogen and oxygen atoms in total. The number of aryl methyl sites for hydroxylation is 1. The lowest BCUT2D eigenvalue weighted by Gasteiger charge is -2.13. The summed E-state index contributed by atoms with van der Waals surface area (Å²) in [5.41, 5.74) is 2.28. The first-order valence-electron chi connectivity index (χ1n) is 8.60. The van der Waals surface area contributed by atoms with Crippen LogP contribution in [0.3, 0.4) is 0 Å². The molecular formula is C20H23ClN2O3S. The van der Waals surface area contributed by atoms with E-state index < -0.39 is 0 Å². The van der Waals surface area contributed by atoms with Crippen LogP contribution in [0.25, 0.3) is 0 Å². The highest BCUT2D eigenvalue weighted by molar-refractivity contribution is 8.01. The van der Waals surface area contributed by atoms with Crippen molar-refractivity contribution in [2.75, 3.05) is 23.0 Å². The summed E-state index contributed by atoms with van der Waals surface area (Å²) < 4.78 is 5.36. The number of amides is 2. The van der Waals surface area contributed by atoms with E-state index in [4.69, 9.17) is 16.3 Å². The van der Waals surface area contributed by atoms with Crippen LogP contribution in [0.15, 0.2) is 42.5 Å². The van der Waals surface area contributed by atoms with Gasteiger partial charge in [-0.05, 0) is 62.7 Å². The molecular weight excluding hydrogens is 384 g/mol. The van der Waals surface area contributed by atoms with Gasteiger partial charge in [-0.3, -0.25) is 9.59 Å². The summed E-state index contributed by atoms with van der Waals surface area (Å²) in [5.74, 6) is 0.596. The van der Waals surface area contributed by atoms with Crippen molar-refractivity contribution in [2.45, 2.75) is 26.0 Å². The van der Waals surface area contributed by atoms with Gasteiger partial charge in [0.05, 0.1) is 17.6 Å². The fourth-order valence-corrected chi connectivity index (χ4v) is 3.05. The van der Waals surface area contributed by atoms with Crippen molar-refractivity contribution >= 4 is 46.6 Å². The molecule has 0 unspecified atom stereocenters. The molecule has 0 aromatic heterocycles. The molecule has 0 radical (unpaired) electrons. The van der Waals surface area contributed by atoms with E-state index in [1.807, 2.05) is 19.9 Å². The third-order valence-electron chi connectivity index (χ3n) is 3.72. The molecule has 2 rings (SSSR count). The van der Waals surface area contributed by atoms with Crippen molar-refractivity contribution in [3.05, 3.63) is 53.1 Å². The highest BCUT2D eigenvalue weighted by Crippen LogP contribution is 2.21. The van der Waals surface area contributed by atoms with E-state index in [-0.39, 0.29) is 22.8 Å². The Labute approximate surface area is 168 Å². The van der Waals surface area contributed by atoms with Crippen LogP contribution in [0.1, 0.15) is 19.4 Å². The maximum atomic E-state index is 12.3. The predicted octanol–water partition coefficient (Wildman–Crippen LogP) is 4.75. The summed E-state index contributed by atoms with van der Waals surface area (Å²) >= 11 is 7.33. The Hall–Kier alpha value is -2.18. The lowest BCUT2D eigenvalue weighted by molar-refractivity contribution is -0.115. The number of carbonyl (C=O) groups is 2. The Morgan fingerprint density at radius 2 is 1.78 bits per heavy atom. The molecule has 2 amide bonds. The standard InChI is InChI=1S/C20H23ClN2O3S/c1-4-26-17-9-7-15(8-10-17)22-19(24)12-27-14(3)20(25)23-16-6-5-13(2)18(21)11-16/h5-11,14H,4,12H2,1-3H3,(H,22,24)(H,23,25)/t14-/m1/s1. The predicted molar refractivity (Wildman–Crippen MR) is 113 cm³/mol. The molecule has 0 fully saturated rings. The molecule has 0 spiro atoms. The summed E-state index contributed by atoms with van der Waals surface area (Å²) in [5, 5.41) is 5.84. The molecule has 0 heterocycles. The van der Waals surface area contributed by atoms with Crippen LogP contribution in [0.5, 0.6) is 5.75 Å². The summed E-state index contributed by atoms with van der Waals surface area (Å²) in [6, 6.07) is 12.5. The molecule has 0 saturated carbocycles. The van der Waals surface area contributed by atoms with Crippen LogP contribution < -0.4 is 15.4 Å². The van der Waals surface area contributed by atoms with Crippen molar-refractivity contribution in [2.24, 2.45) is 0 Å². The summed E-state index contributed by atoms with van der Waals surface area (Å²) in [7, 11) is 0. The van der Waals surface area contributed by atoms with Gasteiger partial charge in [-0.1, -0.05) is 17.7 Å². The highest BCUT2D eigenvalue weighted by atomic mass is 35.5. The van der Waals surface area contributed by atoms with Gasteiger partial charge in [-0.2, -0.15) is 0 Å². The van der Waals surface area contributed by atoms with Gasteiger partial charge in [0.2, 0.25) is 11.8 Å². The van der Waals surface area contributed by atoms with Crippen LogP contribution in [-0.4, -0.2) is 29.4 Å². The van der Waals surface area contributed by atoms with Gasteiger partial charge >= 0.3 is 0 Å². The average molecular weight is 407 g/mol. The number of ether oxygens (including phenoxy) is 1. The normalized spacial score (nSPS) is 11.6. The summed E-state index contributed by atoms with van der Waals surface area (Å²) in [6.07, 6.45) is 0. The van der Waals surface area contributed by atoms with E-state index >= 15 is 0 Å². The number of thioether (sulfide) groups is 1. The quantitative estimate of drug-likeness (QED) is 0.664. The minimum atomic E-state index is -0.379. The molecule has 7 heteroatoms. The Morgan fingerprint density at radius 1 is 1.11 bits per heavy atom. The number of hydrogen-bond donors (Lipinski definition) is 2. The first-order chi connectivity index (χ1) is 12.9. The number of anilines is 2. The van der Waals surface area contributed by atoms with Crippen molar-refractivity contribution in [1.82, 2.24) is 0 Å². The van der Waals surface area contributed by atoms with Gasteiger partial charge in [0.25, 0.3) is 0 Å². The molecule has 2 aromatic rings. The maximum absolute atomic E-state index is 12.3. The molecule has 27 heavy (non-hydrogen) atoms. The molecule has 0 aliphatic heterocycles. The zero-order valence-electron chi connectivity index (χ0n) is 15.5. The van der Waals surface area contributed by atoms with Crippen LogP contribution in [0, 0.1) is 6.92 Å². The molecule has 0 aliphatic rings. The average Bonchev–Trinajstić information content (AvgIpc) is 2.64. The second-order valence-electron chi connectivity index (χ2n) is 5.91. The van der Waals surface area contributed by atoms with Crippen LogP contribution in [0.2, 0.25) is 5.02 Å². The molecule has 2 aromatic carbocycles. The number of rotatable bonds is 8. The van der Waals surface area contributed by atoms with Gasteiger partial charge in [0, 0.05) is 16.4 Å². The monoisotopic (exact) mass is 406 g/mol. The van der Waals surface area contributed by atoms with E-state index in [0.29, 0.717) is 23.0 Å². The summed E-state index contributed by atoms with van der Waals surface area (Å²) in [6.45, 7) is 6.17. The second-order valence-corrected chi connectivity index (χ2v) is 7.65. The molecule has 0 saturated heterocycles. The number of benzene rings is 2. The molecule has 2 N–H and O–H groups in total. The smallest absolute Gasteiger partial charge is 0.237 e. The van der Waals surface area contributed by atoms with Gasteiger partial charge in [-0.25, -0.2) is 0 Å². The van der Waals surface area contributed by atoms with Crippen LogP contribution in [-0.2, 0) is 9.59 Å². The lowest BCUT2D eigenvalue weighted by atomic mass is 10.2. The SMILES string of the molecule is CCOc1ccc(NC(=O)CS[C@H](C)C(=O)Nc2ccc(C)c(Cl)c2)cc1. The first-order valence-corrected chi connectivity index (χ1v) is 10.0. The molecule has 0 bridgehead atoms. The van der Waals surface area contributed by atoms with Crippen molar-refractivity contribution < 1.29 is 14.3 Å². The van der Waals surface area contributed by atoms with Gasteiger partial charge in [-0.15, -0.1) is 11.8 Å². The Balaban J connectivity index is 1.79. The lowest BCUT2D eigenvalue weighted by Crippen LogP contribution is -2.25. The van der Waals surface area contributed by atoms with Crippen molar-refractivity contribution in [1.29, 1.82) is 0 Å². The fraction of sp³-hybridized carbons (Fsp3) is 0.300. The molecule has 0 aliphatic carbocycles. The number of carbonyl (C=O) groups excluding carboxylic acids is 2. The molecule has 144 valence electrons. The Bertz CT molecular complexity index is 796. The highest BCUT2D eigenvalue weighted by Gasteiger charge is 2.16. The van der Waals surface area contributed by atoms with E-state index in [2.05, 4.69) is 10.6 Å². The Morgan fingerprint density at radius 3 is 2.41 bits per heavy atom. The van der Waals surface area contributed by atoms with Crippen LogP contribution >= 0.6 is 23.4 Å². The van der Waals surface area contributed by atoms with Crippen molar-refractivity contribution in [3.63, 3.8) is 0 Å². The molecule has 1 atom stereocenters. The van der Waals surface area contributed by atoms with E-state index in [9.17, 15) is 9.59 Å². The van der Waals surface area contributed by atoms with Crippen LogP contribution in [0.4, 0.5) is 11.4 Å². The number of halogens is 1. The largest absolute Gasteiger partial charge is 0.494 e. The van der Waals surface area contributed by atoms with E-state index in [1.165, 1.54) is 11.8 Å². The minimum absolute atomic E-state index is 0.165. The zero-order valence-corrected chi connectivity index (χ0v) is 17.1. The topological polar surface area (TPSA) is 67.4 Å². The number of hydrogen-bond acceptors (Lipinski definition) is 4.